The summed E-state index contributed by atoms with van der Waals surface area (Å²) in [5.74, 6) is -0.674. The average Bonchev–Trinajstić information content (AvgIpc) is 2.36. The van der Waals surface area contributed by atoms with Gasteiger partial charge in [0.2, 0.25) is 0 Å². The molecule has 1 rings (SSSR count). The number of alkyl halides is 2. The van der Waals surface area contributed by atoms with Gasteiger partial charge in [-0.05, 0) is 12.1 Å². The van der Waals surface area contributed by atoms with E-state index in [9.17, 15) is 13.2 Å². The molecule has 0 aromatic heterocycles. The number of benzene rings is 1. The van der Waals surface area contributed by atoms with Gasteiger partial charge in [-0.25, -0.2) is 8.42 Å². The molecule has 0 heterocycles. The van der Waals surface area contributed by atoms with E-state index in [2.05, 4.69) is 5.32 Å². The van der Waals surface area contributed by atoms with E-state index in [-0.39, 0.29) is 5.75 Å². The van der Waals surface area contributed by atoms with E-state index in [0.29, 0.717) is 5.56 Å². The first-order valence-corrected chi connectivity index (χ1v) is 7.83. The Labute approximate surface area is 116 Å². The van der Waals surface area contributed by atoms with Crippen molar-refractivity contribution in [1.82, 2.24) is 5.32 Å². The van der Waals surface area contributed by atoms with Crippen molar-refractivity contribution < 1.29 is 13.2 Å². The lowest BCUT2D eigenvalue weighted by molar-refractivity contribution is 0.0949. The summed E-state index contributed by atoms with van der Waals surface area (Å²) in [7, 11) is -3.56. The molecule has 0 unspecified atom stereocenters. The van der Waals surface area contributed by atoms with Crippen molar-refractivity contribution in [1.29, 1.82) is 0 Å². The topological polar surface area (TPSA) is 63.2 Å². The molecular formula is C11H13Cl2NO3S. The number of halogens is 2. The monoisotopic (exact) mass is 309 g/mol. The highest BCUT2D eigenvalue weighted by molar-refractivity contribution is 7.92. The molecule has 0 fully saturated rings. The van der Waals surface area contributed by atoms with E-state index in [0.717, 1.165) is 0 Å². The van der Waals surface area contributed by atoms with Crippen molar-refractivity contribution in [2.24, 2.45) is 0 Å². The van der Waals surface area contributed by atoms with Gasteiger partial charge in [-0.2, -0.15) is 0 Å². The lowest BCUT2D eigenvalue weighted by Gasteiger charge is -2.19. The molecule has 0 aliphatic carbocycles. The Morgan fingerprint density at radius 1 is 1.28 bits per heavy atom. The number of carbonyl (C=O) groups is 1. The van der Waals surface area contributed by atoms with Gasteiger partial charge in [0.15, 0.2) is 15.2 Å². The van der Waals surface area contributed by atoms with Crippen molar-refractivity contribution in [3.63, 3.8) is 0 Å². The summed E-state index contributed by atoms with van der Waals surface area (Å²) in [6.07, 6.45) is 0. The molecule has 4 nitrogen and oxygen atoms in total. The largest absolute Gasteiger partial charge is 0.333 e. The second-order valence-electron chi connectivity index (χ2n) is 3.55. The molecule has 0 saturated heterocycles. The molecule has 1 N–H and O–H groups in total. The van der Waals surface area contributed by atoms with E-state index in [1.54, 1.807) is 30.3 Å². The molecule has 0 aliphatic rings. The number of hydrogen-bond acceptors (Lipinski definition) is 3. The fourth-order valence-corrected chi connectivity index (χ4v) is 3.32. The number of amides is 1. The number of hydrogen-bond donors (Lipinski definition) is 1. The van der Waals surface area contributed by atoms with Crippen molar-refractivity contribution in [3.05, 3.63) is 35.9 Å². The molecule has 7 heteroatoms. The van der Waals surface area contributed by atoms with Gasteiger partial charge in [-0.15, -0.1) is 23.2 Å². The molecule has 1 aromatic carbocycles. The van der Waals surface area contributed by atoms with E-state index in [4.69, 9.17) is 23.2 Å². The highest BCUT2D eigenvalue weighted by Crippen LogP contribution is 2.15. The molecule has 1 atom stereocenters. The zero-order chi connectivity index (χ0) is 13.8. The van der Waals surface area contributed by atoms with Crippen LogP contribution < -0.4 is 5.32 Å². The summed E-state index contributed by atoms with van der Waals surface area (Å²) >= 11 is 11.2. The van der Waals surface area contributed by atoms with Crippen LogP contribution in [0.15, 0.2) is 30.3 Å². The highest BCUT2D eigenvalue weighted by atomic mass is 35.5. The summed E-state index contributed by atoms with van der Waals surface area (Å²) in [6.45, 7) is 1.47. The zero-order valence-corrected chi connectivity index (χ0v) is 12.0. The summed E-state index contributed by atoms with van der Waals surface area (Å²) in [4.78, 5) is 10.6. The minimum absolute atomic E-state index is 0.150. The Hall–Kier alpha value is -0.780. The minimum atomic E-state index is -3.56. The number of carbonyl (C=O) groups excluding carboxylic acids is 1. The first-order chi connectivity index (χ1) is 8.38. The number of rotatable bonds is 5. The van der Waals surface area contributed by atoms with Gasteiger partial charge in [0, 0.05) is 11.3 Å². The van der Waals surface area contributed by atoms with E-state index < -0.39 is 26.0 Å². The van der Waals surface area contributed by atoms with E-state index >= 15 is 0 Å². The fourth-order valence-electron chi connectivity index (χ4n) is 1.29. The van der Waals surface area contributed by atoms with E-state index in [1.807, 2.05) is 0 Å². The highest BCUT2D eigenvalue weighted by Gasteiger charge is 2.31. The van der Waals surface area contributed by atoms with Crippen molar-refractivity contribution in [2.45, 2.75) is 17.1 Å². The summed E-state index contributed by atoms with van der Waals surface area (Å²) < 4.78 is 23.4. The molecule has 0 bridgehead atoms. The lowest BCUT2D eigenvalue weighted by atomic mass is 10.2. The molecule has 18 heavy (non-hydrogen) atoms. The predicted octanol–water partition coefficient (Wildman–Crippen LogP) is 1.98. The predicted molar refractivity (Wildman–Crippen MR) is 72.7 cm³/mol. The second-order valence-corrected chi connectivity index (χ2v) is 7.12. The normalized spacial score (nSPS) is 13.3. The number of nitrogens with one attached hydrogen (secondary N) is 1. The van der Waals surface area contributed by atoms with Gasteiger partial charge in [0.05, 0.1) is 0 Å². The Kier molecular flexibility index (Phi) is 5.44. The van der Waals surface area contributed by atoms with Crippen LogP contribution in [-0.4, -0.2) is 30.3 Å². The van der Waals surface area contributed by atoms with Gasteiger partial charge >= 0.3 is 0 Å². The third-order valence-corrected chi connectivity index (χ3v) is 5.10. The van der Waals surface area contributed by atoms with Crippen LogP contribution in [0.1, 0.15) is 17.3 Å². The Bertz CT molecular complexity index is 502. The van der Waals surface area contributed by atoms with Crippen molar-refractivity contribution >= 4 is 38.9 Å². The Morgan fingerprint density at radius 2 is 1.83 bits per heavy atom. The molecule has 1 aromatic rings. The molecule has 1 amide bonds. The van der Waals surface area contributed by atoms with Crippen LogP contribution in [-0.2, 0) is 9.84 Å². The van der Waals surface area contributed by atoms with Crippen molar-refractivity contribution in [3.8, 4) is 0 Å². The molecule has 0 radical (unpaired) electrons. The van der Waals surface area contributed by atoms with Gasteiger partial charge in [0.25, 0.3) is 5.91 Å². The standard InChI is InChI=1S/C11H13Cl2NO3S/c1-2-18(16,17)11(9(12)13)14-10(15)8-6-4-3-5-7-8/h3-7,9,11H,2H2,1H3,(H,14,15)/t11-/m1/s1. The first kappa shape index (κ1) is 15.3. The maximum atomic E-state index is 11.8. The SMILES string of the molecule is CCS(=O)(=O)[C@@H](NC(=O)c1ccccc1)C(Cl)Cl. The molecule has 0 saturated carbocycles. The van der Waals surface area contributed by atoms with Gasteiger partial charge in [0.1, 0.15) is 4.84 Å². The van der Waals surface area contributed by atoms with Crippen LogP contribution in [0.4, 0.5) is 0 Å². The van der Waals surface area contributed by atoms with Crippen LogP contribution in [0.2, 0.25) is 0 Å². The first-order valence-electron chi connectivity index (χ1n) is 5.24. The molecule has 0 aliphatic heterocycles. The van der Waals surface area contributed by atoms with Gasteiger partial charge in [-0.3, -0.25) is 4.79 Å². The second kappa shape index (κ2) is 6.41. The third-order valence-electron chi connectivity index (χ3n) is 2.33. The van der Waals surface area contributed by atoms with Crippen molar-refractivity contribution in [2.75, 3.05) is 5.75 Å². The third kappa shape index (κ3) is 3.86. The fraction of sp³-hybridized carbons (Fsp3) is 0.364. The quantitative estimate of drug-likeness (QED) is 0.846. The van der Waals surface area contributed by atoms with Gasteiger partial charge < -0.3 is 5.32 Å². The lowest BCUT2D eigenvalue weighted by Crippen LogP contribution is -2.45. The van der Waals surface area contributed by atoms with Crippen LogP contribution in [0.5, 0.6) is 0 Å². The smallest absolute Gasteiger partial charge is 0.252 e. The minimum Gasteiger partial charge on any atom is -0.333 e. The summed E-state index contributed by atoms with van der Waals surface area (Å²) in [5, 5.41) is 1.03. The van der Waals surface area contributed by atoms with Gasteiger partial charge in [-0.1, -0.05) is 25.1 Å². The average molecular weight is 310 g/mol. The molecule has 100 valence electrons. The van der Waals surface area contributed by atoms with Crippen LogP contribution >= 0.6 is 23.2 Å². The molecular weight excluding hydrogens is 297 g/mol. The molecule has 0 spiro atoms. The van der Waals surface area contributed by atoms with Crippen LogP contribution in [0.3, 0.4) is 0 Å². The van der Waals surface area contributed by atoms with Crippen LogP contribution in [0.25, 0.3) is 0 Å². The maximum absolute atomic E-state index is 11.8. The van der Waals surface area contributed by atoms with E-state index in [1.165, 1.54) is 6.92 Å². The Morgan fingerprint density at radius 3 is 2.28 bits per heavy atom. The summed E-state index contributed by atoms with van der Waals surface area (Å²) in [6, 6.07) is 8.25. The summed E-state index contributed by atoms with van der Waals surface area (Å²) in [5.41, 5.74) is 0.350. The maximum Gasteiger partial charge on any atom is 0.252 e. The van der Waals surface area contributed by atoms with Crippen LogP contribution in [0, 0.1) is 0 Å². The zero-order valence-electron chi connectivity index (χ0n) is 9.64. The number of sulfone groups is 1. The Balaban J connectivity index is 2.90.